The Hall–Kier alpha value is -1.18. The van der Waals surface area contributed by atoms with Gasteiger partial charge in [-0.1, -0.05) is 41.4 Å². The van der Waals surface area contributed by atoms with Gasteiger partial charge in [-0.3, -0.25) is 0 Å². The second kappa shape index (κ2) is 6.14. The highest BCUT2D eigenvalue weighted by atomic mass is 35.5. The predicted molar refractivity (Wildman–Crippen MR) is 90.1 cm³/mol. The van der Waals surface area contributed by atoms with Gasteiger partial charge in [0, 0.05) is 0 Å². The SMILES string of the molecule is O=S(=O)(NCc1nc2ccccc2s1)c1c(Cl)cccc1Cl. The average molecular weight is 373 g/mol. The molecule has 0 amide bonds. The maximum absolute atomic E-state index is 12.4. The van der Waals surface area contributed by atoms with Crippen molar-refractivity contribution in [1.29, 1.82) is 0 Å². The number of thiazole rings is 1. The fraction of sp³-hybridized carbons (Fsp3) is 0.0714. The van der Waals surface area contributed by atoms with Gasteiger partial charge in [-0.05, 0) is 24.3 Å². The summed E-state index contributed by atoms with van der Waals surface area (Å²) in [5.74, 6) is 0. The number of sulfonamides is 1. The third-order valence-corrected chi connectivity index (χ3v) is 6.33. The first-order valence-corrected chi connectivity index (χ1v) is 9.31. The molecule has 0 bridgehead atoms. The van der Waals surface area contributed by atoms with Crippen LogP contribution in [0.2, 0.25) is 10.0 Å². The van der Waals surface area contributed by atoms with Crippen LogP contribution in [-0.2, 0) is 16.6 Å². The molecule has 1 N–H and O–H groups in total. The molecule has 0 fully saturated rings. The van der Waals surface area contributed by atoms with Crippen molar-refractivity contribution in [2.24, 2.45) is 0 Å². The van der Waals surface area contributed by atoms with Crippen molar-refractivity contribution in [1.82, 2.24) is 9.71 Å². The number of hydrogen-bond acceptors (Lipinski definition) is 4. The van der Waals surface area contributed by atoms with E-state index >= 15 is 0 Å². The molecule has 8 heteroatoms. The smallest absolute Gasteiger partial charge is 0.240 e. The molecule has 3 rings (SSSR count). The van der Waals surface area contributed by atoms with E-state index in [-0.39, 0.29) is 21.5 Å². The van der Waals surface area contributed by atoms with E-state index in [2.05, 4.69) is 9.71 Å². The molecule has 0 aliphatic rings. The maximum atomic E-state index is 12.4. The molecule has 114 valence electrons. The van der Waals surface area contributed by atoms with Crippen LogP contribution in [0.3, 0.4) is 0 Å². The number of hydrogen-bond donors (Lipinski definition) is 1. The summed E-state index contributed by atoms with van der Waals surface area (Å²) in [6.45, 7) is 0.0865. The van der Waals surface area contributed by atoms with Crippen LogP contribution >= 0.6 is 34.5 Å². The Morgan fingerprint density at radius 2 is 1.73 bits per heavy atom. The molecule has 0 spiro atoms. The van der Waals surface area contributed by atoms with Crippen molar-refractivity contribution in [2.45, 2.75) is 11.4 Å². The van der Waals surface area contributed by atoms with Crippen molar-refractivity contribution in [3.8, 4) is 0 Å². The number of halogens is 2. The van der Waals surface area contributed by atoms with Crippen LogP contribution in [0, 0.1) is 0 Å². The van der Waals surface area contributed by atoms with Crippen LogP contribution in [-0.4, -0.2) is 13.4 Å². The lowest BCUT2D eigenvalue weighted by Crippen LogP contribution is -2.23. The van der Waals surface area contributed by atoms with Crippen LogP contribution in [0.1, 0.15) is 5.01 Å². The van der Waals surface area contributed by atoms with Crippen molar-refractivity contribution in [3.05, 3.63) is 57.5 Å². The van der Waals surface area contributed by atoms with Crippen molar-refractivity contribution in [2.75, 3.05) is 0 Å². The number of rotatable bonds is 4. The number of para-hydroxylation sites is 1. The highest BCUT2D eigenvalue weighted by molar-refractivity contribution is 7.89. The Kier molecular flexibility index (Phi) is 4.38. The van der Waals surface area contributed by atoms with Crippen molar-refractivity contribution >= 4 is 54.8 Å². The summed E-state index contributed by atoms with van der Waals surface area (Å²) < 4.78 is 28.2. The minimum Gasteiger partial charge on any atom is -0.240 e. The average Bonchev–Trinajstić information content (AvgIpc) is 2.88. The third kappa shape index (κ3) is 3.11. The first-order valence-electron chi connectivity index (χ1n) is 6.25. The molecule has 0 unspecified atom stereocenters. The summed E-state index contributed by atoms with van der Waals surface area (Å²) >= 11 is 13.3. The molecule has 3 aromatic rings. The Morgan fingerprint density at radius 1 is 1.05 bits per heavy atom. The minimum absolute atomic E-state index is 0.0865. The molecule has 0 radical (unpaired) electrons. The predicted octanol–water partition coefficient (Wildman–Crippen LogP) is 4.08. The number of fused-ring (bicyclic) bond motifs is 1. The fourth-order valence-corrected chi connectivity index (χ4v) is 5.09. The van der Waals surface area contributed by atoms with Crippen LogP contribution in [0.4, 0.5) is 0 Å². The van der Waals surface area contributed by atoms with Crippen molar-refractivity contribution in [3.63, 3.8) is 0 Å². The molecule has 0 aliphatic carbocycles. The van der Waals surface area contributed by atoms with E-state index in [0.29, 0.717) is 5.01 Å². The molecule has 22 heavy (non-hydrogen) atoms. The summed E-state index contributed by atoms with van der Waals surface area (Å²) in [6, 6.07) is 12.2. The standard InChI is InChI=1S/C14H10Cl2N2O2S2/c15-9-4-3-5-10(16)14(9)22(19,20)17-8-13-18-11-6-1-2-7-12(11)21-13/h1-7,17H,8H2. The number of nitrogens with zero attached hydrogens (tertiary/aromatic N) is 1. The zero-order chi connectivity index (χ0) is 15.7. The van der Waals surface area contributed by atoms with Gasteiger partial charge in [0.1, 0.15) is 9.90 Å². The molecule has 0 aliphatic heterocycles. The van der Waals surface area contributed by atoms with Crippen LogP contribution in [0.5, 0.6) is 0 Å². The minimum atomic E-state index is -3.80. The molecular formula is C14H10Cl2N2O2S2. The topological polar surface area (TPSA) is 59.1 Å². The van der Waals surface area contributed by atoms with Gasteiger partial charge in [-0.2, -0.15) is 0 Å². The molecule has 0 saturated heterocycles. The van der Waals surface area contributed by atoms with Gasteiger partial charge in [-0.25, -0.2) is 18.1 Å². The monoisotopic (exact) mass is 372 g/mol. The molecule has 0 atom stereocenters. The number of aromatic nitrogens is 1. The third-order valence-electron chi connectivity index (χ3n) is 2.94. The van der Waals surface area contributed by atoms with Gasteiger partial charge in [-0.15, -0.1) is 11.3 Å². The first kappa shape index (κ1) is 15.7. The quantitative estimate of drug-likeness (QED) is 0.750. The van der Waals surface area contributed by atoms with E-state index in [4.69, 9.17) is 23.2 Å². The highest BCUT2D eigenvalue weighted by Gasteiger charge is 2.21. The molecular weight excluding hydrogens is 363 g/mol. The fourth-order valence-electron chi connectivity index (χ4n) is 1.96. The first-order chi connectivity index (χ1) is 10.5. The Bertz CT molecular complexity index is 886. The zero-order valence-corrected chi connectivity index (χ0v) is 14.2. The molecule has 1 aromatic heterocycles. The van der Waals surface area contributed by atoms with Gasteiger partial charge in [0.25, 0.3) is 0 Å². The normalized spacial score (nSPS) is 11.9. The van der Waals surface area contributed by atoms with E-state index in [1.165, 1.54) is 23.5 Å². The maximum Gasteiger partial charge on any atom is 0.243 e. The van der Waals surface area contributed by atoms with Gasteiger partial charge >= 0.3 is 0 Å². The lowest BCUT2D eigenvalue weighted by molar-refractivity contribution is 0.581. The number of benzene rings is 2. The van der Waals surface area contributed by atoms with Crippen LogP contribution < -0.4 is 4.72 Å². The Balaban J connectivity index is 1.86. The van der Waals surface area contributed by atoms with Crippen molar-refractivity contribution < 1.29 is 8.42 Å². The van der Waals surface area contributed by atoms with E-state index in [1.54, 1.807) is 6.07 Å². The van der Waals surface area contributed by atoms with Gasteiger partial charge < -0.3 is 0 Å². The van der Waals surface area contributed by atoms with Gasteiger partial charge in [0.15, 0.2) is 0 Å². The summed E-state index contributed by atoms with van der Waals surface area (Å²) in [4.78, 5) is 4.27. The van der Waals surface area contributed by atoms with Gasteiger partial charge in [0.2, 0.25) is 10.0 Å². The Morgan fingerprint density at radius 3 is 2.41 bits per heavy atom. The van der Waals surface area contributed by atoms with Gasteiger partial charge in [0.05, 0.1) is 26.8 Å². The second-order valence-electron chi connectivity index (χ2n) is 4.45. The summed E-state index contributed by atoms with van der Waals surface area (Å²) in [7, 11) is -3.80. The van der Waals surface area contributed by atoms with E-state index in [0.717, 1.165) is 10.2 Å². The summed E-state index contributed by atoms with van der Waals surface area (Å²) in [5, 5.41) is 0.849. The summed E-state index contributed by atoms with van der Waals surface area (Å²) in [6.07, 6.45) is 0. The summed E-state index contributed by atoms with van der Waals surface area (Å²) in [5.41, 5.74) is 0.845. The van der Waals surface area contributed by atoms with E-state index < -0.39 is 10.0 Å². The second-order valence-corrected chi connectivity index (χ2v) is 8.08. The van der Waals surface area contributed by atoms with E-state index in [9.17, 15) is 8.42 Å². The van der Waals surface area contributed by atoms with Crippen LogP contribution in [0.15, 0.2) is 47.4 Å². The molecule has 2 aromatic carbocycles. The Labute approximate surface area is 141 Å². The molecule has 4 nitrogen and oxygen atoms in total. The number of nitrogens with one attached hydrogen (secondary N) is 1. The van der Waals surface area contributed by atoms with E-state index in [1.807, 2.05) is 24.3 Å². The zero-order valence-electron chi connectivity index (χ0n) is 11.1. The highest BCUT2D eigenvalue weighted by Crippen LogP contribution is 2.29. The lowest BCUT2D eigenvalue weighted by Gasteiger charge is -2.08. The lowest BCUT2D eigenvalue weighted by atomic mass is 10.3. The largest absolute Gasteiger partial charge is 0.243 e. The molecule has 0 saturated carbocycles. The molecule has 1 heterocycles. The van der Waals surface area contributed by atoms with Crippen LogP contribution in [0.25, 0.3) is 10.2 Å².